The Kier molecular flexibility index (Phi) is 5.68. The molecule has 0 unspecified atom stereocenters. The number of nitrogens with zero attached hydrogens (tertiary/aromatic N) is 2. The van der Waals surface area contributed by atoms with Gasteiger partial charge in [-0.3, -0.25) is 15.0 Å². The molecule has 0 aliphatic carbocycles. The van der Waals surface area contributed by atoms with E-state index in [0.717, 1.165) is 4.90 Å². The standard InChI is InChI=1S/C19H21FN2O5/c1-12-6-7-13(10-15(12)20)26-14-8-9-16(22(24)25)17(11-14)21(5)18(23)27-19(2,3)4/h6-11H,1-5H3. The van der Waals surface area contributed by atoms with Gasteiger partial charge in [0.05, 0.1) is 4.92 Å². The third-order valence-corrected chi connectivity index (χ3v) is 3.55. The van der Waals surface area contributed by atoms with E-state index < -0.39 is 22.4 Å². The molecule has 0 fully saturated rings. The van der Waals surface area contributed by atoms with Crippen LogP contribution in [0.25, 0.3) is 0 Å². The Labute approximate surface area is 156 Å². The van der Waals surface area contributed by atoms with Crippen molar-refractivity contribution in [3.63, 3.8) is 0 Å². The average molecular weight is 376 g/mol. The first-order valence-corrected chi connectivity index (χ1v) is 8.17. The third-order valence-electron chi connectivity index (χ3n) is 3.55. The normalized spacial score (nSPS) is 11.0. The summed E-state index contributed by atoms with van der Waals surface area (Å²) in [5, 5.41) is 11.3. The zero-order valence-electron chi connectivity index (χ0n) is 15.8. The minimum Gasteiger partial charge on any atom is -0.457 e. The number of ether oxygens (including phenoxy) is 2. The largest absolute Gasteiger partial charge is 0.457 e. The molecule has 0 N–H and O–H groups in total. The molecular weight excluding hydrogens is 355 g/mol. The van der Waals surface area contributed by atoms with Gasteiger partial charge in [-0.25, -0.2) is 9.18 Å². The summed E-state index contributed by atoms with van der Waals surface area (Å²) in [6, 6.07) is 8.28. The van der Waals surface area contributed by atoms with Crippen molar-refractivity contribution in [3.05, 3.63) is 57.9 Å². The lowest BCUT2D eigenvalue weighted by Gasteiger charge is -2.24. The molecule has 0 bridgehead atoms. The second kappa shape index (κ2) is 7.61. The number of nitro groups is 1. The Morgan fingerprint density at radius 3 is 2.30 bits per heavy atom. The Bertz CT molecular complexity index is 877. The van der Waals surface area contributed by atoms with Crippen molar-refractivity contribution >= 4 is 17.5 Å². The molecule has 1 amide bonds. The number of rotatable bonds is 4. The van der Waals surface area contributed by atoms with Gasteiger partial charge in [0.15, 0.2) is 0 Å². The number of carbonyl (C=O) groups excluding carboxylic acids is 1. The summed E-state index contributed by atoms with van der Waals surface area (Å²) in [6.45, 7) is 6.70. The number of anilines is 1. The lowest BCUT2D eigenvalue weighted by Crippen LogP contribution is -2.34. The summed E-state index contributed by atoms with van der Waals surface area (Å²) >= 11 is 0. The van der Waals surface area contributed by atoms with Gasteiger partial charge in [0.1, 0.15) is 28.6 Å². The second-order valence-corrected chi connectivity index (χ2v) is 6.96. The molecule has 0 spiro atoms. The van der Waals surface area contributed by atoms with Crippen LogP contribution in [0.15, 0.2) is 36.4 Å². The Hall–Kier alpha value is -3.16. The SMILES string of the molecule is Cc1ccc(Oc2ccc([N+](=O)[O-])c(N(C)C(=O)OC(C)(C)C)c2)cc1F. The first kappa shape index (κ1) is 20.2. The second-order valence-electron chi connectivity index (χ2n) is 6.96. The summed E-state index contributed by atoms with van der Waals surface area (Å²) in [5.74, 6) is 0.0209. The number of nitro benzene ring substituents is 1. The zero-order valence-corrected chi connectivity index (χ0v) is 15.8. The molecule has 27 heavy (non-hydrogen) atoms. The Balaban J connectivity index is 2.37. The lowest BCUT2D eigenvalue weighted by molar-refractivity contribution is -0.384. The minimum atomic E-state index is -0.756. The molecule has 0 aromatic heterocycles. The van der Waals surface area contributed by atoms with Crippen LogP contribution >= 0.6 is 0 Å². The molecule has 0 heterocycles. The first-order chi connectivity index (χ1) is 12.5. The predicted octanol–water partition coefficient (Wildman–Crippen LogP) is 5.21. The molecule has 0 radical (unpaired) electrons. The van der Waals surface area contributed by atoms with Gasteiger partial charge < -0.3 is 9.47 Å². The van der Waals surface area contributed by atoms with Crippen LogP contribution in [0.1, 0.15) is 26.3 Å². The van der Waals surface area contributed by atoms with Crippen LogP contribution < -0.4 is 9.64 Å². The number of carbonyl (C=O) groups is 1. The summed E-state index contributed by atoms with van der Waals surface area (Å²) in [4.78, 5) is 24.0. The van der Waals surface area contributed by atoms with E-state index >= 15 is 0 Å². The van der Waals surface area contributed by atoms with E-state index in [-0.39, 0.29) is 22.9 Å². The van der Waals surface area contributed by atoms with Gasteiger partial charge in [0, 0.05) is 25.2 Å². The monoisotopic (exact) mass is 376 g/mol. The maximum atomic E-state index is 13.7. The maximum Gasteiger partial charge on any atom is 0.414 e. The molecule has 2 aromatic carbocycles. The van der Waals surface area contributed by atoms with Crippen LogP contribution in [0, 0.1) is 22.9 Å². The topological polar surface area (TPSA) is 81.9 Å². The van der Waals surface area contributed by atoms with Gasteiger partial charge >= 0.3 is 6.09 Å². The smallest absolute Gasteiger partial charge is 0.414 e. The quantitative estimate of drug-likeness (QED) is 0.541. The van der Waals surface area contributed by atoms with Crippen molar-refractivity contribution in [2.45, 2.75) is 33.3 Å². The number of aryl methyl sites for hydroxylation is 1. The fourth-order valence-electron chi connectivity index (χ4n) is 2.19. The van der Waals surface area contributed by atoms with E-state index in [0.29, 0.717) is 5.56 Å². The van der Waals surface area contributed by atoms with Crippen LogP contribution in [-0.2, 0) is 4.74 Å². The molecule has 0 saturated carbocycles. The van der Waals surface area contributed by atoms with Gasteiger partial charge in [-0.2, -0.15) is 0 Å². The summed E-state index contributed by atoms with van der Waals surface area (Å²) in [5.41, 5.74) is -0.574. The Morgan fingerprint density at radius 1 is 1.15 bits per heavy atom. The number of benzene rings is 2. The van der Waals surface area contributed by atoms with Crippen LogP contribution in [-0.4, -0.2) is 23.7 Å². The molecule has 0 aliphatic rings. The van der Waals surface area contributed by atoms with Crippen LogP contribution in [0.4, 0.5) is 20.6 Å². The number of hydrogen-bond donors (Lipinski definition) is 0. The minimum absolute atomic E-state index is 0.000617. The van der Waals surface area contributed by atoms with Crippen molar-refractivity contribution in [1.82, 2.24) is 0 Å². The average Bonchev–Trinajstić information content (AvgIpc) is 2.55. The van der Waals surface area contributed by atoms with E-state index in [1.54, 1.807) is 39.8 Å². The van der Waals surface area contributed by atoms with Crippen molar-refractivity contribution in [1.29, 1.82) is 0 Å². The van der Waals surface area contributed by atoms with E-state index in [1.165, 1.54) is 31.3 Å². The van der Waals surface area contributed by atoms with E-state index in [1.807, 2.05) is 0 Å². The van der Waals surface area contributed by atoms with Crippen molar-refractivity contribution < 1.29 is 23.6 Å². The fraction of sp³-hybridized carbons (Fsp3) is 0.316. The van der Waals surface area contributed by atoms with E-state index in [9.17, 15) is 19.3 Å². The van der Waals surface area contributed by atoms with Gasteiger partial charge in [-0.15, -0.1) is 0 Å². The predicted molar refractivity (Wildman–Crippen MR) is 98.9 cm³/mol. The summed E-state index contributed by atoms with van der Waals surface area (Å²) in [6.07, 6.45) is -0.746. The van der Waals surface area contributed by atoms with Gasteiger partial charge in [-0.05, 0) is 45.4 Å². The van der Waals surface area contributed by atoms with Crippen LogP contribution in [0.2, 0.25) is 0 Å². The van der Waals surface area contributed by atoms with Gasteiger partial charge in [0.2, 0.25) is 0 Å². The molecule has 0 saturated heterocycles. The Morgan fingerprint density at radius 2 is 1.74 bits per heavy atom. The molecule has 0 atom stereocenters. The molecular formula is C19H21FN2O5. The van der Waals surface area contributed by atoms with Crippen molar-refractivity contribution in [3.8, 4) is 11.5 Å². The highest BCUT2D eigenvalue weighted by Crippen LogP contribution is 2.34. The molecule has 144 valence electrons. The highest BCUT2D eigenvalue weighted by molar-refractivity contribution is 5.90. The van der Waals surface area contributed by atoms with Gasteiger partial charge in [0.25, 0.3) is 5.69 Å². The van der Waals surface area contributed by atoms with Crippen molar-refractivity contribution in [2.24, 2.45) is 0 Å². The van der Waals surface area contributed by atoms with Gasteiger partial charge in [-0.1, -0.05) is 6.07 Å². The summed E-state index contributed by atoms with van der Waals surface area (Å²) in [7, 11) is 1.37. The van der Waals surface area contributed by atoms with Crippen molar-refractivity contribution in [2.75, 3.05) is 11.9 Å². The molecule has 2 rings (SSSR count). The summed E-state index contributed by atoms with van der Waals surface area (Å²) < 4.78 is 24.5. The molecule has 8 heteroatoms. The van der Waals surface area contributed by atoms with Crippen LogP contribution in [0.5, 0.6) is 11.5 Å². The third kappa shape index (κ3) is 5.16. The zero-order chi connectivity index (χ0) is 20.4. The van der Waals surface area contributed by atoms with Crippen LogP contribution in [0.3, 0.4) is 0 Å². The molecule has 0 aliphatic heterocycles. The molecule has 7 nitrogen and oxygen atoms in total. The highest BCUT2D eigenvalue weighted by atomic mass is 19.1. The first-order valence-electron chi connectivity index (χ1n) is 8.17. The number of halogens is 1. The molecule has 2 aromatic rings. The van der Waals surface area contributed by atoms with E-state index in [2.05, 4.69) is 0 Å². The van der Waals surface area contributed by atoms with E-state index in [4.69, 9.17) is 9.47 Å². The lowest BCUT2D eigenvalue weighted by atomic mass is 10.2. The number of hydrogen-bond acceptors (Lipinski definition) is 5. The maximum absolute atomic E-state index is 13.7. The number of amides is 1. The fourth-order valence-corrected chi connectivity index (χ4v) is 2.19. The highest BCUT2D eigenvalue weighted by Gasteiger charge is 2.26.